The summed E-state index contributed by atoms with van der Waals surface area (Å²) in [6.45, 7) is 8.53. The molecule has 33 heavy (non-hydrogen) atoms. The Balaban J connectivity index is 1.74. The number of ether oxygens (including phenoxy) is 1. The Labute approximate surface area is 198 Å². The van der Waals surface area contributed by atoms with E-state index < -0.39 is 0 Å². The normalized spacial score (nSPS) is 11.6. The third kappa shape index (κ3) is 4.96. The number of hydrogen-bond acceptors (Lipinski definition) is 3. The third-order valence-corrected chi connectivity index (χ3v) is 5.78. The SMILES string of the molecule is CCOc1cc2occ(-c3ccc(C)cc3C)c2cc1/C(C)=C/C(=O)Nc1ccc(Cl)cc1. The summed E-state index contributed by atoms with van der Waals surface area (Å²) < 4.78 is 11.8. The molecule has 0 spiro atoms. The summed E-state index contributed by atoms with van der Waals surface area (Å²) in [5.41, 5.74) is 7.61. The summed E-state index contributed by atoms with van der Waals surface area (Å²) in [7, 11) is 0. The number of rotatable bonds is 6. The fourth-order valence-electron chi connectivity index (χ4n) is 3.95. The molecule has 0 aliphatic rings. The molecule has 1 aromatic heterocycles. The molecule has 0 saturated carbocycles. The summed E-state index contributed by atoms with van der Waals surface area (Å²) in [5, 5.41) is 4.47. The zero-order valence-corrected chi connectivity index (χ0v) is 19.9. The number of fused-ring (bicyclic) bond motifs is 1. The molecule has 0 bridgehead atoms. The van der Waals surface area contributed by atoms with Crippen LogP contribution in [0.2, 0.25) is 5.02 Å². The maximum atomic E-state index is 12.6. The number of anilines is 1. The third-order valence-electron chi connectivity index (χ3n) is 5.53. The van der Waals surface area contributed by atoms with Gasteiger partial charge in [-0.2, -0.15) is 0 Å². The van der Waals surface area contributed by atoms with E-state index in [0.29, 0.717) is 23.1 Å². The number of amides is 1. The lowest BCUT2D eigenvalue weighted by atomic mass is 9.96. The number of allylic oxidation sites excluding steroid dienone is 1. The zero-order valence-electron chi connectivity index (χ0n) is 19.2. The molecule has 1 N–H and O–H groups in total. The average molecular weight is 460 g/mol. The van der Waals surface area contributed by atoms with Gasteiger partial charge in [0.1, 0.15) is 11.3 Å². The minimum absolute atomic E-state index is 0.223. The Morgan fingerprint density at radius 3 is 2.52 bits per heavy atom. The topological polar surface area (TPSA) is 51.5 Å². The van der Waals surface area contributed by atoms with Crippen molar-refractivity contribution in [2.75, 3.05) is 11.9 Å². The first kappa shape index (κ1) is 22.7. The Morgan fingerprint density at radius 1 is 1.06 bits per heavy atom. The van der Waals surface area contributed by atoms with Gasteiger partial charge in [0, 0.05) is 39.4 Å². The van der Waals surface area contributed by atoms with Crippen LogP contribution < -0.4 is 10.1 Å². The van der Waals surface area contributed by atoms with Crippen LogP contribution in [0.1, 0.15) is 30.5 Å². The van der Waals surface area contributed by atoms with Crippen molar-refractivity contribution in [1.82, 2.24) is 0 Å². The predicted molar refractivity (Wildman–Crippen MR) is 136 cm³/mol. The molecule has 0 saturated heterocycles. The van der Waals surface area contributed by atoms with Crippen LogP contribution in [0, 0.1) is 13.8 Å². The van der Waals surface area contributed by atoms with Crippen LogP contribution >= 0.6 is 11.6 Å². The summed E-state index contributed by atoms with van der Waals surface area (Å²) in [5.74, 6) is 0.457. The quantitative estimate of drug-likeness (QED) is 0.299. The molecule has 0 atom stereocenters. The molecule has 0 radical (unpaired) electrons. The van der Waals surface area contributed by atoms with Crippen molar-refractivity contribution in [2.24, 2.45) is 0 Å². The van der Waals surface area contributed by atoms with Crippen LogP contribution in [0.5, 0.6) is 5.75 Å². The van der Waals surface area contributed by atoms with Gasteiger partial charge in [-0.1, -0.05) is 35.4 Å². The van der Waals surface area contributed by atoms with Crippen LogP contribution in [0.25, 0.3) is 27.7 Å². The molecule has 4 rings (SSSR count). The summed E-state index contributed by atoms with van der Waals surface area (Å²) >= 11 is 5.93. The number of nitrogens with one attached hydrogen (secondary N) is 1. The maximum Gasteiger partial charge on any atom is 0.248 e. The number of benzene rings is 3. The van der Waals surface area contributed by atoms with E-state index in [4.69, 9.17) is 20.8 Å². The van der Waals surface area contributed by atoms with Gasteiger partial charge in [-0.15, -0.1) is 0 Å². The van der Waals surface area contributed by atoms with Crippen molar-refractivity contribution < 1.29 is 13.9 Å². The first-order valence-corrected chi connectivity index (χ1v) is 11.2. The minimum Gasteiger partial charge on any atom is -0.493 e. The molecular formula is C28H26ClNO3. The average Bonchev–Trinajstić information content (AvgIpc) is 3.17. The summed E-state index contributed by atoms with van der Waals surface area (Å²) in [4.78, 5) is 12.6. The molecule has 3 aromatic carbocycles. The van der Waals surface area contributed by atoms with Crippen molar-refractivity contribution in [1.29, 1.82) is 0 Å². The smallest absolute Gasteiger partial charge is 0.248 e. The number of carbonyl (C=O) groups excluding carboxylic acids is 1. The number of furan rings is 1. The van der Waals surface area contributed by atoms with E-state index >= 15 is 0 Å². The molecule has 0 aliphatic heterocycles. The van der Waals surface area contributed by atoms with Crippen molar-refractivity contribution in [3.63, 3.8) is 0 Å². The van der Waals surface area contributed by atoms with Crippen LogP contribution in [-0.4, -0.2) is 12.5 Å². The number of hydrogen-bond donors (Lipinski definition) is 1. The monoisotopic (exact) mass is 459 g/mol. The molecule has 5 heteroatoms. The highest BCUT2D eigenvalue weighted by molar-refractivity contribution is 6.30. The lowest BCUT2D eigenvalue weighted by Crippen LogP contribution is -2.08. The lowest BCUT2D eigenvalue weighted by molar-refractivity contribution is -0.111. The molecule has 4 nitrogen and oxygen atoms in total. The molecule has 0 fully saturated rings. The van der Waals surface area contributed by atoms with Crippen LogP contribution in [0.4, 0.5) is 5.69 Å². The van der Waals surface area contributed by atoms with Gasteiger partial charge in [0.15, 0.2) is 0 Å². The highest BCUT2D eigenvalue weighted by atomic mass is 35.5. The fraction of sp³-hybridized carbons (Fsp3) is 0.179. The zero-order chi connectivity index (χ0) is 23.5. The van der Waals surface area contributed by atoms with E-state index in [1.165, 1.54) is 11.1 Å². The lowest BCUT2D eigenvalue weighted by Gasteiger charge is -2.12. The predicted octanol–water partition coefficient (Wildman–Crippen LogP) is 7.81. The van der Waals surface area contributed by atoms with Gasteiger partial charge in [-0.25, -0.2) is 0 Å². The number of carbonyl (C=O) groups is 1. The van der Waals surface area contributed by atoms with E-state index in [0.717, 1.165) is 33.2 Å². The van der Waals surface area contributed by atoms with Gasteiger partial charge in [0.05, 0.1) is 12.9 Å². The highest BCUT2D eigenvalue weighted by Crippen LogP contribution is 2.38. The second kappa shape index (κ2) is 9.55. The molecule has 0 aliphatic carbocycles. The number of halogens is 1. The van der Waals surface area contributed by atoms with Crippen LogP contribution in [0.15, 0.2) is 71.4 Å². The Morgan fingerprint density at radius 2 is 1.82 bits per heavy atom. The van der Waals surface area contributed by atoms with E-state index in [2.05, 4.69) is 37.4 Å². The van der Waals surface area contributed by atoms with Gasteiger partial charge in [-0.3, -0.25) is 4.79 Å². The molecule has 168 valence electrons. The van der Waals surface area contributed by atoms with E-state index in [1.54, 1.807) is 36.6 Å². The maximum absolute atomic E-state index is 12.6. The largest absolute Gasteiger partial charge is 0.493 e. The van der Waals surface area contributed by atoms with E-state index in [9.17, 15) is 4.79 Å². The molecule has 0 unspecified atom stereocenters. The molecule has 4 aromatic rings. The van der Waals surface area contributed by atoms with Crippen molar-refractivity contribution in [2.45, 2.75) is 27.7 Å². The standard InChI is InChI=1S/C28H26ClNO3/c1-5-32-26-15-27-24(25(16-33-27)22-11-6-17(2)12-18(22)3)14-23(26)19(4)13-28(31)30-21-9-7-20(29)8-10-21/h6-16H,5H2,1-4H3,(H,30,31)/b19-13+. The van der Waals surface area contributed by atoms with E-state index in [1.807, 2.05) is 26.0 Å². The van der Waals surface area contributed by atoms with Crippen molar-refractivity contribution >= 4 is 39.7 Å². The second-order valence-electron chi connectivity index (χ2n) is 8.07. The molecule has 1 heterocycles. The van der Waals surface area contributed by atoms with Gasteiger partial charge in [0.2, 0.25) is 5.91 Å². The molecule has 1 amide bonds. The Bertz CT molecular complexity index is 1350. The summed E-state index contributed by atoms with van der Waals surface area (Å²) in [6.07, 6.45) is 3.36. The highest BCUT2D eigenvalue weighted by Gasteiger charge is 2.16. The van der Waals surface area contributed by atoms with Gasteiger partial charge in [-0.05, 0) is 74.7 Å². The van der Waals surface area contributed by atoms with Crippen LogP contribution in [0.3, 0.4) is 0 Å². The van der Waals surface area contributed by atoms with Crippen molar-refractivity contribution in [3.05, 3.63) is 88.6 Å². The number of aryl methyl sites for hydroxylation is 2. The minimum atomic E-state index is -0.223. The van der Waals surface area contributed by atoms with Gasteiger partial charge in [0.25, 0.3) is 0 Å². The summed E-state index contributed by atoms with van der Waals surface area (Å²) in [6, 6.07) is 17.3. The van der Waals surface area contributed by atoms with Crippen LogP contribution in [-0.2, 0) is 4.79 Å². The van der Waals surface area contributed by atoms with Crippen molar-refractivity contribution in [3.8, 4) is 16.9 Å². The first-order valence-electron chi connectivity index (χ1n) is 10.9. The van der Waals surface area contributed by atoms with E-state index in [-0.39, 0.29) is 5.91 Å². The fourth-order valence-corrected chi connectivity index (χ4v) is 4.07. The van der Waals surface area contributed by atoms with Gasteiger partial charge >= 0.3 is 0 Å². The first-order chi connectivity index (χ1) is 15.9. The Kier molecular flexibility index (Phi) is 6.57. The Hall–Kier alpha value is -3.50. The van der Waals surface area contributed by atoms with Gasteiger partial charge < -0.3 is 14.5 Å². The second-order valence-corrected chi connectivity index (χ2v) is 8.51. The molecular weight excluding hydrogens is 434 g/mol.